The Bertz CT molecular complexity index is 713. The van der Waals surface area contributed by atoms with Crippen molar-refractivity contribution in [3.63, 3.8) is 0 Å². The molecule has 0 aliphatic carbocycles. The van der Waals surface area contributed by atoms with E-state index in [1.165, 1.54) is 4.90 Å². The van der Waals surface area contributed by atoms with Gasteiger partial charge in [-0.15, -0.1) is 24.0 Å². The third-order valence-electron chi connectivity index (χ3n) is 4.19. The Kier molecular flexibility index (Phi) is 11.9. The molecule has 1 aliphatic heterocycles. The van der Waals surface area contributed by atoms with E-state index >= 15 is 0 Å². The molecule has 0 unspecified atom stereocenters. The maximum Gasteiger partial charge on any atom is 0.324 e. The molecule has 1 saturated heterocycles. The quantitative estimate of drug-likeness (QED) is 0.173. The summed E-state index contributed by atoms with van der Waals surface area (Å²) in [4.78, 5) is 28.9. The lowest BCUT2D eigenvalue weighted by Crippen LogP contribution is -2.43. The van der Waals surface area contributed by atoms with Gasteiger partial charge in [0.2, 0.25) is 5.91 Å². The number of amides is 3. The van der Waals surface area contributed by atoms with Gasteiger partial charge in [0.1, 0.15) is 0 Å². The first-order valence-corrected chi connectivity index (χ1v) is 10.1. The molecule has 9 nitrogen and oxygen atoms in total. The van der Waals surface area contributed by atoms with Crippen molar-refractivity contribution in [2.45, 2.75) is 27.2 Å². The number of urea groups is 1. The SMILES string of the molecule is CCNC(=NCCc1ccc(OCC)c(OCC)c1)NCCN1C(=O)CNC1=O.I. The Labute approximate surface area is 195 Å². The zero-order valence-corrected chi connectivity index (χ0v) is 20.2. The van der Waals surface area contributed by atoms with Gasteiger partial charge in [-0.05, 0) is 44.9 Å². The molecule has 1 aromatic rings. The van der Waals surface area contributed by atoms with Crippen LogP contribution in [-0.4, -0.2) is 68.7 Å². The highest BCUT2D eigenvalue weighted by atomic mass is 127. The first-order chi connectivity index (χ1) is 14.1. The van der Waals surface area contributed by atoms with Gasteiger partial charge in [-0.25, -0.2) is 4.79 Å². The number of halogens is 1. The van der Waals surface area contributed by atoms with Gasteiger partial charge in [0, 0.05) is 26.2 Å². The van der Waals surface area contributed by atoms with E-state index in [9.17, 15) is 9.59 Å². The van der Waals surface area contributed by atoms with E-state index in [-0.39, 0.29) is 42.5 Å². The third-order valence-corrected chi connectivity index (χ3v) is 4.19. The van der Waals surface area contributed by atoms with Crippen LogP contribution in [0.4, 0.5) is 4.79 Å². The average Bonchev–Trinajstić information content (AvgIpc) is 3.02. The summed E-state index contributed by atoms with van der Waals surface area (Å²) in [6.07, 6.45) is 0.746. The number of hydrogen-bond donors (Lipinski definition) is 3. The van der Waals surface area contributed by atoms with Crippen molar-refractivity contribution in [1.29, 1.82) is 0 Å². The van der Waals surface area contributed by atoms with E-state index in [2.05, 4.69) is 20.9 Å². The molecular formula is C20H32IN5O4. The van der Waals surface area contributed by atoms with E-state index in [1.54, 1.807) is 0 Å². The number of carbonyl (C=O) groups is 2. The highest BCUT2D eigenvalue weighted by Crippen LogP contribution is 2.28. The van der Waals surface area contributed by atoms with Gasteiger partial charge < -0.3 is 25.4 Å². The minimum atomic E-state index is -0.348. The lowest BCUT2D eigenvalue weighted by molar-refractivity contribution is -0.124. The van der Waals surface area contributed by atoms with Crippen LogP contribution >= 0.6 is 24.0 Å². The second kappa shape index (κ2) is 13.9. The highest BCUT2D eigenvalue weighted by molar-refractivity contribution is 14.0. The standard InChI is InChI=1S/C20H31N5O4.HI/c1-4-21-19(23-11-12-25-18(26)14-24-20(25)27)22-10-9-15-7-8-16(28-5-2)17(13-15)29-6-3;/h7-8,13H,4-6,9-12,14H2,1-3H3,(H,24,27)(H2,21,22,23);1H. The number of carbonyl (C=O) groups excluding carboxylic acids is 2. The van der Waals surface area contributed by atoms with Crippen molar-refractivity contribution >= 4 is 41.9 Å². The molecule has 0 bridgehead atoms. The summed E-state index contributed by atoms with van der Waals surface area (Å²) < 4.78 is 11.3. The van der Waals surface area contributed by atoms with Gasteiger partial charge in [-0.2, -0.15) is 0 Å². The van der Waals surface area contributed by atoms with Gasteiger partial charge in [-0.1, -0.05) is 6.07 Å². The van der Waals surface area contributed by atoms with Crippen LogP contribution in [0, 0.1) is 0 Å². The molecule has 1 aromatic carbocycles. The van der Waals surface area contributed by atoms with Gasteiger partial charge in [0.25, 0.3) is 0 Å². The molecule has 0 spiro atoms. The number of hydrogen-bond acceptors (Lipinski definition) is 5. The van der Waals surface area contributed by atoms with Crippen LogP contribution < -0.4 is 25.4 Å². The Morgan fingerprint density at radius 1 is 1.13 bits per heavy atom. The summed E-state index contributed by atoms with van der Waals surface area (Å²) in [5, 5.41) is 8.82. The number of guanidine groups is 1. The predicted molar refractivity (Wildman–Crippen MR) is 127 cm³/mol. The van der Waals surface area contributed by atoms with E-state index in [1.807, 2.05) is 39.0 Å². The van der Waals surface area contributed by atoms with Crippen LogP contribution in [0.15, 0.2) is 23.2 Å². The Morgan fingerprint density at radius 3 is 2.50 bits per heavy atom. The molecule has 3 N–H and O–H groups in total. The van der Waals surface area contributed by atoms with Crippen molar-refractivity contribution in [3.8, 4) is 11.5 Å². The normalized spacial score (nSPS) is 13.6. The molecule has 0 saturated carbocycles. The zero-order chi connectivity index (χ0) is 21.1. The fraction of sp³-hybridized carbons (Fsp3) is 0.550. The van der Waals surface area contributed by atoms with E-state index in [0.29, 0.717) is 45.4 Å². The highest BCUT2D eigenvalue weighted by Gasteiger charge is 2.27. The molecular weight excluding hydrogens is 501 g/mol. The number of nitrogens with one attached hydrogen (secondary N) is 3. The number of rotatable bonds is 11. The predicted octanol–water partition coefficient (Wildman–Crippen LogP) is 1.75. The minimum Gasteiger partial charge on any atom is -0.490 e. The number of aliphatic imine (C=N–C) groups is 1. The second-order valence-corrected chi connectivity index (χ2v) is 6.29. The Balaban J connectivity index is 0.00000450. The molecule has 1 fully saturated rings. The summed E-state index contributed by atoms with van der Waals surface area (Å²) >= 11 is 0. The van der Waals surface area contributed by atoms with E-state index in [0.717, 1.165) is 23.5 Å². The van der Waals surface area contributed by atoms with Crippen LogP contribution in [0.25, 0.3) is 0 Å². The second-order valence-electron chi connectivity index (χ2n) is 6.29. The molecule has 30 heavy (non-hydrogen) atoms. The zero-order valence-electron chi connectivity index (χ0n) is 17.8. The van der Waals surface area contributed by atoms with Gasteiger partial charge in [0.05, 0.1) is 19.8 Å². The monoisotopic (exact) mass is 533 g/mol. The van der Waals surface area contributed by atoms with Crippen LogP contribution in [-0.2, 0) is 11.2 Å². The Morgan fingerprint density at radius 2 is 1.87 bits per heavy atom. The molecule has 0 aromatic heterocycles. The van der Waals surface area contributed by atoms with Crippen molar-refractivity contribution in [2.24, 2.45) is 4.99 Å². The summed E-state index contributed by atoms with van der Waals surface area (Å²) in [7, 11) is 0. The van der Waals surface area contributed by atoms with Crippen molar-refractivity contribution in [3.05, 3.63) is 23.8 Å². The molecule has 0 atom stereocenters. The number of nitrogens with zero attached hydrogens (tertiary/aromatic N) is 2. The molecule has 168 valence electrons. The first kappa shape index (κ1) is 25.8. The Hall–Kier alpha value is -2.24. The molecule has 1 heterocycles. The summed E-state index contributed by atoms with van der Waals surface area (Å²) in [6.45, 7) is 9.13. The lowest BCUT2D eigenvalue weighted by Gasteiger charge is -2.15. The van der Waals surface area contributed by atoms with Crippen molar-refractivity contribution < 1.29 is 19.1 Å². The maximum absolute atomic E-state index is 11.6. The van der Waals surface area contributed by atoms with E-state index < -0.39 is 0 Å². The molecule has 1 aliphatic rings. The summed E-state index contributed by atoms with van der Waals surface area (Å²) in [6, 6.07) is 5.58. The van der Waals surface area contributed by atoms with Gasteiger partial charge in [0.15, 0.2) is 17.5 Å². The molecule has 3 amide bonds. The maximum atomic E-state index is 11.6. The summed E-state index contributed by atoms with van der Waals surface area (Å²) in [5.41, 5.74) is 1.11. The van der Waals surface area contributed by atoms with Crippen LogP contribution in [0.3, 0.4) is 0 Å². The molecule has 10 heteroatoms. The number of imide groups is 1. The molecule has 2 rings (SSSR count). The van der Waals surface area contributed by atoms with Crippen LogP contribution in [0.5, 0.6) is 11.5 Å². The average molecular weight is 533 g/mol. The van der Waals surface area contributed by atoms with Crippen molar-refractivity contribution in [2.75, 3.05) is 45.9 Å². The number of ether oxygens (including phenoxy) is 2. The number of benzene rings is 1. The first-order valence-electron chi connectivity index (χ1n) is 10.1. The summed E-state index contributed by atoms with van der Waals surface area (Å²) in [5.74, 6) is 1.93. The van der Waals surface area contributed by atoms with Gasteiger partial charge in [-0.3, -0.25) is 14.7 Å². The topological polar surface area (TPSA) is 104 Å². The van der Waals surface area contributed by atoms with Crippen molar-refractivity contribution in [1.82, 2.24) is 20.9 Å². The minimum absolute atomic E-state index is 0. The largest absolute Gasteiger partial charge is 0.490 e. The third kappa shape index (κ3) is 7.88. The van der Waals surface area contributed by atoms with Gasteiger partial charge >= 0.3 is 6.03 Å². The smallest absolute Gasteiger partial charge is 0.324 e. The fourth-order valence-electron chi connectivity index (χ4n) is 2.86. The van der Waals surface area contributed by atoms with Crippen LogP contribution in [0.2, 0.25) is 0 Å². The molecule has 0 radical (unpaired) electrons. The van der Waals surface area contributed by atoms with E-state index in [4.69, 9.17) is 9.47 Å². The fourth-order valence-corrected chi connectivity index (χ4v) is 2.86. The lowest BCUT2D eigenvalue weighted by atomic mass is 10.1. The van der Waals surface area contributed by atoms with Crippen LogP contribution in [0.1, 0.15) is 26.3 Å².